The third kappa shape index (κ3) is 3.61. The van der Waals surface area contributed by atoms with Gasteiger partial charge in [-0.2, -0.15) is 0 Å². The molecule has 1 aromatic carbocycles. The Morgan fingerprint density at radius 1 is 1.60 bits per heavy atom. The summed E-state index contributed by atoms with van der Waals surface area (Å²) in [6, 6.07) is 4.20. The zero-order valence-electron chi connectivity index (χ0n) is 8.06. The van der Waals surface area contributed by atoms with E-state index < -0.39 is 0 Å². The summed E-state index contributed by atoms with van der Waals surface area (Å²) in [5.41, 5.74) is 1.93. The van der Waals surface area contributed by atoms with Gasteiger partial charge in [-0.3, -0.25) is 0 Å². The largest absolute Gasteiger partial charge is 0.494 e. The van der Waals surface area contributed by atoms with Crippen molar-refractivity contribution in [2.24, 2.45) is 0 Å². The standard InChI is InChI=1S/C10H10Cl2FNO/c1-15-10-4-8(13)2-3-9(10)14-6-7(12)5-11/h2-5,14H,6H2,1H3. The minimum absolute atomic E-state index is 0.351. The van der Waals surface area contributed by atoms with Crippen LogP contribution >= 0.6 is 23.2 Å². The van der Waals surface area contributed by atoms with Crippen LogP contribution in [0.1, 0.15) is 0 Å². The quantitative estimate of drug-likeness (QED) is 0.881. The fourth-order valence-electron chi connectivity index (χ4n) is 1.03. The Kier molecular flexibility index (Phi) is 4.72. The minimum Gasteiger partial charge on any atom is -0.494 e. The van der Waals surface area contributed by atoms with E-state index in [1.807, 2.05) is 0 Å². The zero-order valence-corrected chi connectivity index (χ0v) is 9.57. The second-order valence-corrected chi connectivity index (χ2v) is 3.46. The van der Waals surface area contributed by atoms with Gasteiger partial charge >= 0.3 is 0 Å². The molecule has 0 atom stereocenters. The first-order valence-electron chi connectivity index (χ1n) is 4.19. The number of benzene rings is 1. The minimum atomic E-state index is -0.351. The highest BCUT2D eigenvalue weighted by Gasteiger charge is 2.03. The molecule has 0 unspecified atom stereocenters. The Labute approximate surface area is 97.6 Å². The molecule has 0 saturated heterocycles. The van der Waals surface area contributed by atoms with Crippen molar-refractivity contribution in [3.05, 3.63) is 34.6 Å². The molecule has 5 heteroatoms. The van der Waals surface area contributed by atoms with Gasteiger partial charge in [0.1, 0.15) is 11.6 Å². The lowest BCUT2D eigenvalue weighted by Crippen LogP contribution is -2.03. The van der Waals surface area contributed by atoms with Crippen molar-refractivity contribution in [2.45, 2.75) is 0 Å². The maximum atomic E-state index is 12.8. The van der Waals surface area contributed by atoms with E-state index in [2.05, 4.69) is 5.32 Å². The van der Waals surface area contributed by atoms with Gasteiger partial charge in [0.15, 0.2) is 0 Å². The van der Waals surface area contributed by atoms with E-state index in [9.17, 15) is 4.39 Å². The summed E-state index contributed by atoms with van der Waals surface area (Å²) < 4.78 is 17.8. The van der Waals surface area contributed by atoms with Crippen LogP contribution in [-0.4, -0.2) is 13.7 Å². The van der Waals surface area contributed by atoms with Gasteiger partial charge in [0.2, 0.25) is 0 Å². The lowest BCUT2D eigenvalue weighted by atomic mass is 10.3. The molecule has 0 aromatic heterocycles. The first-order chi connectivity index (χ1) is 7.17. The summed E-state index contributed by atoms with van der Waals surface area (Å²) in [4.78, 5) is 0. The van der Waals surface area contributed by atoms with E-state index in [1.165, 1.54) is 24.8 Å². The van der Waals surface area contributed by atoms with E-state index >= 15 is 0 Å². The molecular weight excluding hydrogens is 240 g/mol. The molecule has 0 saturated carbocycles. The van der Waals surface area contributed by atoms with Gasteiger partial charge in [-0.05, 0) is 12.1 Å². The van der Waals surface area contributed by atoms with Crippen LogP contribution in [-0.2, 0) is 0 Å². The van der Waals surface area contributed by atoms with Gasteiger partial charge in [0, 0.05) is 16.6 Å². The molecule has 0 amide bonds. The Balaban J connectivity index is 2.76. The number of hydrogen-bond donors (Lipinski definition) is 1. The van der Waals surface area contributed by atoms with Crippen molar-refractivity contribution < 1.29 is 9.13 Å². The Hall–Kier alpha value is -0.930. The van der Waals surface area contributed by atoms with E-state index in [0.717, 1.165) is 0 Å². The molecule has 0 fully saturated rings. The fraction of sp³-hybridized carbons (Fsp3) is 0.200. The van der Waals surface area contributed by atoms with Crippen molar-refractivity contribution in [1.82, 2.24) is 0 Å². The summed E-state index contributed by atoms with van der Waals surface area (Å²) in [6.45, 7) is 0.368. The van der Waals surface area contributed by atoms with Crippen molar-refractivity contribution in [1.29, 1.82) is 0 Å². The van der Waals surface area contributed by atoms with Crippen LogP contribution in [0.5, 0.6) is 5.75 Å². The van der Waals surface area contributed by atoms with Crippen molar-refractivity contribution in [2.75, 3.05) is 19.0 Å². The highest BCUT2D eigenvalue weighted by Crippen LogP contribution is 2.25. The average molecular weight is 250 g/mol. The number of nitrogens with one attached hydrogen (secondary N) is 1. The number of halogens is 3. The normalized spacial score (nSPS) is 11.3. The highest BCUT2D eigenvalue weighted by molar-refractivity contribution is 6.36. The molecule has 1 rings (SSSR count). The fourth-order valence-corrected chi connectivity index (χ4v) is 1.17. The van der Waals surface area contributed by atoms with Gasteiger partial charge in [-0.15, -0.1) is 0 Å². The molecule has 0 aliphatic heterocycles. The van der Waals surface area contributed by atoms with Gasteiger partial charge in [0.05, 0.1) is 19.3 Å². The molecule has 0 aliphatic rings. The summed E-state index contributed by atoms with van der Waals surface area (Å²) >= 11 is 11.1. The van der Waals surface area contributed by atoms with Gasteiger partial charge < -0.3 is 10.1 Å². The second kappa shape index (κ2) is 5.83. The molecule has 1 N–H and O–H groups in total. The zero-order chi connectivity index (χ0) is 11.3. The third-order valence-electron chi connectivity index (χ3n) is 1.73. The topological polar surface area (TPSA) is 21.3 Å². The van der Waals surface area contributed by atoms with Crippen LogP contribution in [0.3, 0.4) is 0 Å². The van der Waals surface area contributed by atoms with E-state index in [4.69, 9.17) is 27.9 Å². The molecule has 1 aromatic rings. The number of ether oxygens (including phenoxy) is 1. The molecule has 2 nitrogen and oxygen atoms in total. The van der Waals surface area contributed by atoms with Gasteiger partial charge in [0.25, 0.3) is 0 Å². The first kappa shape index (κ1) is 12.1. The molecular formula is C10H10Cl2FNO. The van der Waals surface area contributed by atoms with Crippen molar-refractivity contribution in [3.8, 4) is 5.75 Å². The Bertz CT molecular complexity index is 368. The van der Waals surface area contributed by atoms with Crippen molar-refractivity contribution >= 4 is 28.9 Å². The van der Waals surface area contributed by atoms with Crippen LogP contribution in [0.4, 0.5) is 10.1 Å². The highest BCUT2D eigenvalue weighted by atomic mass is 35.5. The SMILES string of the molecule is COc1cc(F)ccc1NCC(Cl)=CCl. The molecule has 0 heterocycles. The van der Waals surface area contributed by atoms with E-state index in [0.29, 0.717) is 23.0 Å². The summed E-state index contributed by atoms with van der Waals surface area (Å²) in [5, 5.41) is 3.43. The third-order valence-corrected chi connectivity index (χ3v) is 2.35. The monoisotopic (exact) mass is 249 g/mol. The van der Waals surface area contributed by atoms with Crippen molar-refractivity contribution in [3.63, 3.8) is 0 Å². The average Bonchev–Trinajstić information content (AvgIpc) is 2.26. The predicted molar refractivity (Wildman–Crippen MR) is 61.2 cm³/mol. The van der Waals surface area contributed by atoms with Crippen LogP contribution < -0.4 is 10.1 Å². The summed E-state index contributed by atoms with van der Waals surface area (Å²) in [5.74, 6) is 0.0745. The maximum Gasteiger partial charge on any atom is 0.144 e. The van der Waals surface area contributed by atoms with E-state index in [-0.39, 0.29) is 5.82 Å². The number of hydrogen-bond acceptors (Lipinski definition) is 2. The van der Waals surface area contributed by atoms with Crippen LogP contribution in [0.25, 0.3) is 0 Å². The lowest BCUT2D eigenvalue weighted by Gasteiger charge is -2.10. The molecule has 0 aliphatic carbocycles. The Morgan fingerprint density at radius 3 is 2.93 bits per heavy atom. The molecule has 0 radical (unpaired) electrons. The summed E-state index contributed by atoms with van der Waals surface area (Å²) in [6.07, 6.45) is 0. The molecule has 82 valence electrons. The number of rotatable bonds is 4. The van der Waals surface area contributed by atoms with Gasteiger partial charge in [-0.1, -0.05) is 23.2 Å². The van der Waals surface area contributed by atoms with Crippen LogP contribution in [0.2, 0.25) is 0 Å². The van der Waals surface area contributed by atoms with Gasteiger partial charge in [-0.25, -0.2) is 4.39 Å². The smallest absolute Gasteiger partial charge is 0.144 e. The van der Waals surface area contributed by atoms with Crippen LogP contribution in [0, 0.1) is 5.82 Å². The second-order valence-electron chi connectivity index (χ2n) is 2.75. The Morgan fingerprint density at radius 2 is 2.33 bits per heavy atom. The molecule has 0 bridgehead atoms. The predicted octanol–water partition coefficient (Wildman–Crippen LogP) is 3.57. The number of anilines is 1. The number of methoxy groups -OCH3 is 1. The van der Waals surface area contributed by atoms with Crippen LogP contribution in [0.15, 0.2) is 28.8 Å². The maximum absolute atomic E-state index is 12.8. The first-order valence-corrected chi connectivity index (χ1v) is 5.01. The lowest BCUT2D eigenvalue weighted by molar-refractivity contribution is 0.413. The summed E-state index contributed by atoms with van der Waals surface area (Å²) in [7, 11) is 1.47. The van der Waals surface area contributed by atoms with E-state index in [1.54, 1.807) is 6.07 Å². The molecule has 15 heavy (non-hydrogen) atoms. The molecule has 0 spiro atoms.